The summed E-state index contributed by atoms with van der Waals surface area (Å²) >= 11 is 0. The number of fused-ring (bicyclic) bond motifs is 3. The van der Waals surface area contributed by atoms with Gasteiger partial charge in [0.25, 0.3) is 11.7 Å². The number of nitrogens with one attached hydrogen (secondary N) is 5. The molecule has 0 saturated carbocycles. The maximum absolute atomic E-state index is 14.2. The average molecular weight is 912 g/mol. The molecule has 66 heavy (non-hydrogen) atoms. The van der Waals surface area contributed by atoms with Crippen LogP contribution in [-0.4, -0.2) is 133 Å². The first-order valence-electron chi connectivity index (χ1n) is 22.3. The van der Waals surface area contributed by atoms with Crippen LogP contribution in [0.5, 0.6) is 17.2 Å². The summed E-state index contributed by atoms with van der Waals surface area (Å²) in [4.78, 5) is 113. The highest BCUT2D eigenvalue weighted by Crippen LogP contribution is 2.29. The number of phenolic OH excluding ortho intramolecular Hbond substituents is 1. The molecule has 18 heteroatoms. The molecule has 2 heterocycles. The number of hydrogen-bond acceptors (Lipinski definition) is 11. The van der Waals surface area contributed by atoms with Crippen LogP contribution < -0.4 is 36.1 Å². The number of aromatic hydroxyl groups is 1. The summed E-state index contributed by atoms with van der Waals surface area (Å²) in [7, 11) is 2.81. The Morgan fingerprint density at radius 3 is 2.20 bits per heavy atom. The number of ketones is 1. The summed E-state index contributed by atoms with van der Waals surface area (Å²) in [5, 5.41) is 23.4. The fraction of sp³-hybridized carbons (Fsp3) is 0.458. The highest BCUT2D eigenvalue weighted by atomic mass is 16.5. The fourth-order valence-electron chi connectivity index (χ4n) is 7.81. The first-order chi connectivity index (χ1) is 31.6. The number of nitrogens with zero attached hydrogens (tertiary/aromatic N) is 2. The number of phenols is 1. The van der Waals surface area contributed by atoms with E-state index in [-0.39, 0.29) is 74.1 Å². The number of likely N-dealkylation sites (N-methyl/N-ethyl adjacent to an activating group) is 1. The summed E-state index contributed by atoms with van der Waals surface area (Å²) in [5.41, 5.74) is 1.45. The Balaban J connectivity index is 1.47. The SMILES string of the molecule is COc1ccc2cc1OCCNC(=O)[C@H](C)NC(=O)[C@@H](Cc1ccc(O)cc1)NC(=O)[C@@H](CC(C)C)N(C)C(=O)CNC(=O)[C@H](CCc1ccccc1)NC(=O)C1CCCCN1C(=O)C2=O. The van der Waals surface area contributed by atoms with Gasteiger partial charge in [-0.2, -0.15) is 0 Å². The number of rotatable bonds is 8. The van der Waals surface area contributed by atoms with Crippen LogP contribution >= 0.6 is 0 Å². The molecule has 3 aromatic carbocycles. The van der Waals surface area contributed by atoms with Crippen molar-refractivity contribution in [2.24, 2.45) is 5.92 Å². The lowest BCUT2D eigenvalue weighted by molar-refractivity contribution is -0.141. The molecule has 2 aliphatic heterocycles. The maximum atomic E-state index is 14.2. The lowest BCUT2D eigenvalue weighted by Gasteiger charge is -2.35. The van der Waals surface area contributed by atoms with E-state index >= 15 is 0 Å². The molecular weight excluding hydrogens is 851 g/mol. The van der Waals surface area contributed by atoms with Gasteiger partial charge in [0.05, 0.1) is 20.2 Å². The Bertz CT molecular complexity index is 2220. The van der Waals surface area contributed by atoms with Crippen molar-refractivity contribution < 1.29 is 52.9 Å². The van der Waals surface area contributed by atoms with Crippen LogP contribution in [0.2, 0.25) is 0 Å². The van der Waals surface area contributed by atoms with Crippen molar-refractivity contribution in [3.63, 3.8) is 0 Å². The normalized spacial score (nSPS) is 22.5. The summed E-state index contributed by atoms with van der Waals surface area (Å²) in [5.74, 6) is -5.45. The third-order valence-electron chi connectivity index (χ3n) is 11.6. The van der Waals surface area contributed by atoms with Gasteiger partial charge >= 0.3 is 0 Å². The second-order valence-corrected chi connectivity index (χ2v) is 17.0. The zero-order valence-electron chi connectivity index (χ0n) is 38.1. The van der Waals surface area contributed by atoms with E-state index in [1.165, 1.54) is 61.2 Å². The van der Waals surface area contributed by atoms with Gasteiger partial charge in [-0.15, -0.1) is 0 Å². The van der Waals surface area contributed by atoms with Gasteiger partial charge in [0.1, 0.15) is 42.6 Å². The quantitative estimate of drug-likeness (QED) is 0.178. The lowest BCUT2D eigenvalue weighted by atomic mass is 9.98. The molecule has 7 amide bonds. The Morgan fingerprint density at radius 1 is 0.788 bits per heavy atom. The number of carbonyl (C=O) groups excluding carboxylic acids is 8. The second kappa shape index (κ2) is 23.8. The van der Waals surface area contributed by atoms with Crippen LogP contribution in [0, 0.1) is 5.92 Å². The van der Waals surface area contributed by atoms with Crippen LogP contribution in [0.3, 0.4) is 0 Å². The average Bonchev–Trinajstić information content (AvgIpc) is 3.31. The highest BCUT2D eigenvalue weighted by molar-refractivity contribution is 6.43. The van der Waals surface area contributed by atoms with E-state index in [4.69, 9.17) is 9.47 Å². The standard InChI is InChI=1S/C48H61N7O11/c1-29(2)25-38-47(63)53-36(26-32-14-18-34(56)19-15-32)45(61)51-30(3)43(59)49-22-24-66-40-27-33(17-21-39(40)65-5)42(58)48(64)55-23-10-9-13-37(55)46(62)52-35(20-16-31-11-7-6-8-12-31)44(60)50-28-41(57)54(38)4/h6-8,11-12,14-15,17-19,21,27,29-30,35-38,56H,9-10,13,16,20,22-26,28H2,1-5H3,(H,49,59)(H,50,60)(H,51,61)(H,52,62)(H,53,63)/t30-,35-,36+,37?,38+/m0/s1. The van der Waals surface area contributed by atoms with E-state index in [2.05, 4.69) is 26.6 Å². The molecule has 0 aliphatic carbocycles. The first-order valence-corrected chi connectivity index (χ1v) is 22.3. The monoisotopic (exact) mass is 911 g/mol. The summed E-state index contributed by atoms with van der Waals surface area (Å²) < 4.78 is 11.3. The largest absolute Gasteiger partial charge is 0.508 e. The number of aryl methyl sites for hydroxylation is 1. The molecule has 354 valence electrons. The Kier molecular flexibility index (Phi) is 18.0. The molecule has 0 aromatic heterocycles. The van der Waals surface area contributed by atoms with Crippen molar-refractivity contribution in [2.75, 3.05) is 40.4 Å². The zero-order valence-corrected chi connectivity index (χ0v) is 38.1. The molecule has 1 unspecified atom stereocenters. The molecule has 5 atom stereocenters. The van der Waals surface area contributed by atoms with Crippen LogP contribution in [0.25, 0.3) is 0 Å². The topological polar surface area (TPSA) is 242 Å². The Hall–Kier alpha value is -6.98. The molecule has 1 saturated heterocycles. The summed E-state index contributed by atoms with van der Waals surface area (Å²) in [6.45, 7) is 4.61. The van der Waals surface area contributed by atoms with E-state index in [1.54, 1.807) is 12.1 Å². The molecule has 2 bridgehead atoms. The van der Waals surface area contributed by atoms with E-state index in [0.717, 1.165) is 5.56 Å². The maximum Gasteiger partial charge on any atom is 0.295 e. The molecule has 3 aromatic rings. The molecular formula is C48H61N7O11. The highest BCUT2D eigenvalue weighted by Gasteiger charge is 2.38. The number of Topliss-reactive ketones (excluding diaryl/α,β-unsaturated/α-hetero) is 1. The second-order valence-electron chi connectivity index (χ2n) is 17.0. The minimum absolute atomic E-state index is 0.00324. The first kappa shape index (κ1) is 50.0. The Labute approximate surface area is 384 Å². The van der Waals surface area contributed by atoms with Gasteiger partial charge in [0.15, 0.2) is 11.5 Å². The smallest absolute Gasteiger partial charge is 0.295 e. The predicted molar refractivity (Wildman–Crippen MR) is 242 cm³/mol. The fourth-order valence-corrected chi connectivity index (χ4v) is 7.81. The van der Waals surface area contributed by atoms with Crippen LogP contribution in [-0.2, 0) is 46.4 Å². The minimum atomic E-state index is -1.23. The van der Waals surface area contributed by atoms with Gasteiger partial charge in [-0.1, -0.05) is 56.3 Å². The van der Waals surface area contributed by atoms with Crippen molar-refractivity contribution in [3.8, 4) is 17.2 Å². The van der Waals surface area contributed by atoms with E-state index in [0.29, 0.717) is 24.8 Å². The number of hydrogen-bond donors (Lipinski definition) is 6. The van der Waals surface area contributed by atoms with Gasteiger partial charge < -0.3 is 51.0 Å². The number of piperidine rings is 1. The molecule has 18 nitrogen and oxygen atoms in total. The van der Waals surface area contributed by atoms with Gasteiger partial charge in [-0.25, -0.2) is 0 Å². The van der Waals surface area contributed by atoms with Crippen molar-refractivity contribution in [1.82, 2.24) is 36.4 Å². The molecule has 2 aliphatic rings. The molecule has 0 spiro atoms. The van der Waals surface area contributed by atoms with E-state index in [1.807, 2.05) is 44.2 Å². The molecule has 6 N–H and O–H groups in total. The minimum Gasteiger partial charge on any atom is -0.508 e. The van der Waals surface area contributed by atoms with Crippen molar-refractivity contribution in [2.45, 2.75) is 95.9 Å². The third-order valence-corrected chi connectivity index (χ3v) is 11.6. The van der Waals surface area contributed by atoms with Gasteiger partial charge in [0.2, 0.25) is 35.4 Å². The van der Waals surface area contributed by atoms with Gasteiger partial charge in [-0.05, 0) is 92.8 Å². The van der Waals surface area contributed by atoms with Crippen LogP contribution in [0.15, 0.2) is 72.8 Å². The summed E-state index contributed by atoms with van der Waals surface area (Å²) in [6.07, 6.45) is 2.00. The third kappa shape index (κ3) is 13.8. The zero-order chi connectivity index (χ0) is 47.9. The van der Waals surface area contributed by atoms with Crippen molar-refractivity contribution in [1.29, 1.82) is 0 Å². The van der Waals surface area contributed by atoms with Gasteiger partial charge in [0, 0.05) is 25.6 Å². The number of amides is 7. The molecule has 1 fully saturated rings. The Morgan fingerprint density at radius 2 is 1.50 bits per heavy atom. The van der Waals surface area contributed by atoms with Crippen molar-refractivity contribution >= 4 is 47.1 Å². The number of methoxy groups -OCH3 is 1. The predicted octanol–water partition coefficient (Wildman–Crippen LogP) is 1.81. The number of ether oxygens (including phenoxy) is 2. The van der Waals surface area contributed by atoms with Crippen LogP contribution in [0.1, 0.15) is 74.4 Å². The van der Waals surface area contributed by atoms with Crippen molar-refractivity contribution in [3.05, 3.63) is 89.5 Å². The number of carbonyl (C=O) groups is 8. The van der Waals surface area contributed by atoms with Crippen LogP contribution in [0.4, 0.5) is 0 Å². The molecule has 0 radical (unpaired) electrons. The van der Waals surface area contributed by atoms with E-state index < -0.39 is 83.9 Å². The summed E-state index contributed by atoms with van der Waals surface area (Å²) in [6, 6.07) is 13.9. The van der Waals surface area contributed by atoms with Gasteiger partial charge in [-0.3, -0.25) is 38.4 Å². The van der Waals surface area contributed by atoms with E-state index in [9.17, 15) is 43.5 Å². The number of benzene rings is 3. The molecule has 5 rings (SSSR count). The lowest BCUT2D eigenvalue weighted by Crippen LogP contribution is -2.59.